The second-order valence-corrected chi connectivity index (χ2v) is 3.23. The lowest BCUT2D eigenvalue weighted by atomic mass is 10.4. The Morgan fingerprint density at radius 2 is 2.11 bits per heavy atom. The predicted molar refractivity (Wildman–Crippen MR) is 59.8 cm³/mol. The maximum Gasteiger partial charge on any atom is 0.433 e. The van der Waals surface area contributed by atoms with Crippen molar-refractivity contribution in [1.29, 1.82) is 0 Å². The standard InChI is InChI=1S/C9H14F3N5O/c1-2-18-4-3-14-7-5-6(9(10,11)12)15-8(16-7)17-13/h5H,2-4,13H2,1H3,(H2,14,15,16,17). The van der Waals surface area contributed by atoms with Gasteiger partial charge in [0, 0.05) is 19.2 Å². The van der Waals surface area contributed by atoms with E-state index in [2.05, 4.69) is 15.3 Å². The van der Waals surface area contributed by atoms with Gasteiger partial charge in [0.05, 0.1) is 6.61 Å². The molecule has 1 rings (SSSR count). The third kappa shape index (κ3) is 4.34. The number of nitrogen functional groups attached to an aromatic ring is 1. The Bertz CT molecular complexity index is 385. The molecule has 9 heteroatoms. The number of halogens is 3. The molecule has 0 saturated carbocycles. The van der Waals surface area contributed by atoms with E-state index in [-0.39, 0.29) is 11.8 Å². The summed E-state index contributed by atoms with van der Waals surface area (Å²) in [6, 6.07) is 0.812. The van der Waals surface area contributed by atoms with Crippen molar-refractivity contribution in [2.75, 3.05) is 30.5 Å². The predicted octanol–water partition coefficient (Wildman–Crippen LogP) is 1.23. The van der Waals surface area contributed by atoms with Crippen LogP contribution in [0.2, 0.25) is 0 Å². The number of anilines is 2. The lowest BCUT2D eigenvalue weighted by Crippen LogP contribution is -2.18. The van der Waals surface area contributed by atoms with E-state index < -0.39 is 11.9 Å². The minimum absolute atomic E-state index is 0.0324. The van der Waals surface area contributed by atoms with E-state index in [9.17, 15) is 13.2 Å². The van der Waals surface area contributed by atoms with Crippen molar-refractivity contribution in [3.63, 3.8) is 0 Å². The van der Waals surface area contributed by atoms with Gasteiger partial charge in [0.25, 0.3) is 0 Å². The molecule has 6 nitrogen and oxygen atoms in total. The molecule has 1 aromatic rings. The van der Waals surface area contributed by atoms with Crippen LogP contribution in [0.1, 0.15) is 12.6 Å². The number of hydrogen-bond donors (Lipinski definition) is 3. The summed E-state index contributed by atoms with van der Waals surface area (Å²) < 4.78 is 42.6. The van der Waals surface area contributed by atoms with Crippen LogP contribution >= 0.6 is 0 Å². The SMILES string of the molecule is CCOCCNc1cc(C(F)(F)F)nc(NN)n1. The van der Waals surface area contributed by atoms with Crippen LogP contribution in [0.25, 0.3) is 0 Å². The van der Waals surface area contributed by atoms with Gasteiger partial charge >= 0.3 is 6.18 Å². The highest BCUT2D eigenvalue weighted by Gasteiger charge is 2.33. The fourth-order valence-electron chi connectivity index (χ4n) is 1.14. The van der Waals surface area contributed by atoms with Crippen molar-refractivity contribution >= 4 is 11.8 Å². The molecule has 0 atom stereocenters. The number of hydrogen-bond acceptors (Lipinski definition) is 6. The van der Waals surface area contributed by atoms with Crippen LogP contribution in [0.3, 0.4) is 0 Å². The highest BCUT2D eigenvalue weighted by molar-refractivity contribution is 5.42. The van der Waals surface area contributed by atoms with Gasteiger partial charge in [-0.05, 0) is 6.92 Å². The molecule has 4 N–H and O–H groups in total. The molecule has 1 aromatic heterocycles. The van der Waals surface area contributed by atoms with Crippen LogP contribution in [0, 0.1) is 0 Å². The first-order chi connectivity index (χ1) is 8.47. The molecule has 0 aliphatic carbocycles. The van der Waals surface area contributed by atoms with Gasteiger partial charge in [-0.3, -0.25) is 5.43 Å². The van der Waals surface area contributed by atoms with E-state index in [0.717, 1.165) is 6.07 Å². The molecule has 102 valence electrons. The molecule has 0 unspecified atom stereocenters. The fraction of sp³-hybridized carbons (Fsp3) is 0.556. The molecular formula is C9H14F3N5O. The Morgan fingerprint density at radius 3 is 2.67 bits per heavy atom. The highest BCUT2D eigenvalue weighted by Crippen LogP contribution is 2.29. The summed E-state index contributed by atoms with van der Waals surface area (Å²) in [7, 11) is 0. The van der Waals surface area contributed by atoms with Gasteiger partial charge in [-0.2, -0.15) is 18.2 Å². The summed E-state index contributed by atoms with van der Waals surface area (Å²) in [5.74, 6) is 4.74. The van der Waals surface area contributed by atoms with Crippen molar-refractivity contribution in [2.45, 2.75) is 13.1 Å². The third-order valence-corrected chi connectivity index (χ3v) is 1.90. The molecule has 0 aromatic carbocycles. The zero-order valence-electron chi connectivity index (χ0n) is 9.71. The molecular weight excluding hydrogens is 251 g/mol. The highest BCUT2D eigenvalue weighted by atomic mass is 19.4. The monoisotopic (exact) mass is 265 g/mol. The minimum atomic E-state index is -4.55. The molecule has 1 heterocycles. The zero-order valence-corrected chi connectivity index (χ0v) is 9.71. The van der Waals surface area contributed by atoms with Crippen LogP contribution in [0.15, 0.2) is 6.07 Å². The summed E-state index contributed by atoms with van der Waals surface area (Å²) in [4.78, 5) is 6.97. The molecule has 0 amide bonds. The Balaban J connectivity index is 2.78. The molecule has 0 aliphatic heterocycles. The second kappa shape index (κ2) is 6.36. The number of nitrogens with two attached hydrogens (primary N) is 1. The largest absolute Gasteiger partial charge is 0.433 e. The number of ether oxygens (including phenoxy) is 1. The molecule has 0 fully saturated rings. The Morgan fingerprint density at radius 1 is 1.39 bits per heavy atom. The van der Waals surface area contributed by atoms with Crippen LogP contribution in [0.5, 0.6) is 0 Å². The first kappa shape index (κ1) is 14.5. The summed E-state index contributed by atoms with van der Waals surface area (Å²) in [6.45, 7) is 3.07. The van der Waals surface area contributed by atoms with E-state index in [0.29, 0.717) is 19.8 Å². The summed E-state index contributed by atoms with van der Waals surface area (Å²) in [5.41, 5.74) is 0.923. The number of nitrogens with one attached hydrogen (secondary N) is 2. The van der Waals surface area contributed by atoms with Gasteiger partial charge in [-0.15, -0.1) is 0 Å². The number of nitrogens with zero attached hydrogens (tertiary/aromatic N) is 2. The van der Waals surface area contributed by atoms with E-state index in [1.54, 1.807) is 0 Å². The second-order valence-electron chi connectivity index (χ2n) is 3.23. The Hall–Kier alpha value is -1.61. The lowest BCUT2D eigenvalue weighted by molar-refractivity contribution is -0.141. The van der Waals surface area contributed by atoms with Crippen molar-refractivity contribution in [3.8, 4) is 0 Å². The molecule has 0 aliphatic rings. The van der Waals surface area contributed by atoms with Gasteiger partial charge in [0.15, 0.2) is 5.69 Å². The average molecular weight is 265 g/mol. The molecule has 0 bridgehead atoms. The molecule has 0 radical (unpaired) electrons. The van der Waals surface area contributed by atoms with Crippen LogP contribution in [-0.2, 0) is 10.9 Å². The van der Waals surface area contributed by atoms with Crippen molar-refractivity contribution in [1.82, 2.24) is 9.97 Å². The van der Waals surface area contributed by atoms with Crippen LogP contribution < -0.4 is 16.6 Å². The van der Waals surface area contributed by atoms with E-state index in [1.807, 2.05) is 12.3 Å². The van der Waals surface area contributed by atoms with Gasteiger partial charge in [-0.25, -0.2) is 10.8 Å². The van der Waals surface area contributed by atoms with E-state index in [4.69, 9.17) is 10.6 Å². The number of aromatic nitrogens is 2. The topological polar surface area (TPSA) is 85.1 Å². The van der Waals surface area contributed by atoms with E-state index in [1.165, 1.54) is 0 Å². The first-order valence-corrected chi connectivity index (χ1v) is 5.22. The average Bonchev–Trinajstić information content (AvgIpc) is 2.33. The summed E-state index contributed by atoms with van der Waals surface area (Å²) in [6.07, 6.45) is -4.55. The van der Waals surface area contributed by atoms with Crippen molar-refractivity contribution in [3.05, 3.63) is 11.8 Å². The third-order valence-electron chi connectivity index (χ3n) is 1.90. The maximum atomic E-state index is 12.5. The van der Waals surface area contributed by atoms with Gasteiger partial charge < -0.3 is 10.1 Å². The van der Waals surface area contributed by atoms with Gasteiger partial charge in [0.1, 0.15) is 5.82 Å². The lowest BCUT2D eigenvalue weighted by Gasteiger charge is -2.11. The summed E-state index contributed by atoms with van der Waals surface area (Å²) in [5, 5.41) is 2.70. The van der Waals surface area contributed by atoms with Gasteiger partial charge in [0.2, 0.25) is 5.95 Å². The zero-order chi connectivity index (χ0) is 13.6. The van der Waals surface area contributed by atoms with Gasteiger partial charge in [-0.1, -0.05) is 0 Å². The molecule has 18 heavy (non-hydrogen) atoms. The normalized spacial score (nSPS) is 11.4. The minimum Gasteiger partial charge on any atom is -0.380 e. The van der Waals surface area contributed by atoms with Crippen LogP contribution in [0.4, 0.5) is 24.9 Å². The number of rotatable bonds is 6. The van der Waals surface area contributed by atoms with E-state index >= 15 is 0 Å². The van der Waals surface area contributed by atoms with Crippen molar-refractivity contribution < 1.29 is 17.9 Å². The number of alkyl halides is 3. The molecule has 0 saturated heterocycles. The Kier molecular flexibility index (Phi) is 5.10. The smallest absolute Gasteiger partial charge is 0.380 e. The molecule has 0 spiro atoms. The summed E-state index contributed by atoms with van der Waals surface area (Å²) >= 11 is 0. The quantitative estimate of drug-likeness (QED) is 0.407. The van der Waals surface area contributed by atoms with Crippen LogP contribution in [-0.4, -0.2) is 29.7 Å². The fourth-order valence-corrected chi connectivity index (χ4v) is 1.14. The number of hydrazine groups is 1. The Labute approximate surface area is 102 Å². The maximum absolute atomic E-state index is 12.5. The first-order valence-electron chi connectivity index (χ1n) is 5.22. The van der Waals surface area contributed by atoms with Crippen molar-refractivity contribution in [2.24, 2.45) is 5.84 Å².